The van der Waals surface area contributed by atoms with E-state index in [1.807, 2.05) is 25.1 Å². The fourth-order valence-corrected chi connectivity index (χ4v) is 2.71. The first-order valence-electron chi connectivity index (χ1n) is 7.20. The topological polar surface area (TPSA) is 80.0 Å². The van der Waals surface area contributed by atoms with Crippen LogP contribution in [0, 0.1) is 6.92 Å². The van der Waals surface area contributed by atoms with Gasteiger partial charge in [-0.1, -0.05) is 22.0 Å². The van der Waals surface area contributed by atoms with Gasteiger partial charge >= 0.3 is 5.97 Å². The number of rotatable bonds is 4. The van der Waals surface area contributed by atoms with Crippen LogP contribution in [-0.4, -0.2) is 55.2 Å². The number of nitrogens with one attached hydrogen (secondary N) is 1. The zero-order valence-corrected chi connectivity index (χ0v) is 17.7. The van der Waals surface area contributed by atoms with Crippen molar-refractivity contribution in [1.29, 1.82) is 0 Å². The first-order valence-corrected chi connectivity index (χ1v) is 7.99. The van der Waals surface area contributed by atoms with Gasteiger partial charge in [-0.3, -0.25) is 0 Å². The number of hydrogen-bond donors (Lipinski definition) is 2. The molecule has 6 nitrogen and oxygen atoms in total. The number of halogens is 1. The Morgan fingerprint density at radius 1 is 1.28 bits per heavy atom. The van der Waals surface area contributed by atoms with E-state index in [4.69, 9.17) is 5.11 Å². The van der Waals surface area contributed by atoms with Crippen LogP contribution in [0.15, 0.2) is 47.2 Å². The summed E-state index contributed by atoms with van der Waals surface area (Å²) in [4.78, 5) is 19.8. The fourth-order valence-electron chi connectivity index (χ4n) is 2.35. The number of aromatic nitrogens is 3. The molecule has 0 spiro atoms. The molecule has 8 heteroatoms. The van der Waals surface area contributed by atoms with Crippen LogP contribution in [0.2, 0.25) is 0 Å². The predicted octanol–water partition coefficient (Wildman–Crippen LogP) is 3.61. The number of carboxylic acids is 1. The number of carbonyl (C=O) groups is 1. The second-order valence-electron chi connectivity index (χ2n) is 5.38. The summed E-state index contributed by atoms with van der Waals surface area (Å²) in [6.45, 7) is 1.99. The van der Waals surface area contributed by atoms with Gasteiger partial charge in [-0.2, -0.15) is 0 Å². The Bertz CT molecular complexity index is 927. The average molecular weight is 410 g/mol. The number of nitrogens with zero attached hydrogens (tertiary/aromatic N) is 3. The molecule has 2 heterocycles. The van der Waals surface area contributed by atoms with E-state index in [-0.39, 0.29) is 35.1 Å². The molecule has 0 atom stereocenters. The molecule has 3 aromatic rings. The van der Waals surface area contributed by atoms with Crippen molar-refractivity contribution in [3.8, 4) is 11.4 Å². The largest absolute Gasteiger partial charge is 0.478 e. The maximum Gasteiger partial charge on any atom is 0.337 e. The summed E-state index contributed by atoms with van der Waals surface area (Å²) in [6, 6.07) is 9.26. The van der Waals surface area contributed by atoms with Crippen molar-refractivity contribution in [1.82, 2.24) is 14.5 Å². The van der Waals surface area contributed by atoms with Crippen LogP contribution < -0.4 is 5.32 Å². The minimum absolute atomic E-state index is 0. The normalized spacial score (nSPS) is 10.2. The molecule has 0 amide bonds. The number of carboxylic acid groups (broad SMARTS) is 1. The van der Waals surface area contributed by atoms with Gasteiger partial charge in [-0.05, 0) is 36.8 Å². The summed E-state index contributed by atoms with van der Waals surface area (Å²) in [5.74, 6) is -0.513. The van der Waals surface area contributed by atoms with E-state index < -0.39 is 5.97 Å². The SMILES string of the molecule is Cc1ccc(Br)cc1Nc1nccc(-c2cc(C(=O)O)cn2C)n1.[Na]. The van der Waals surface area contributed by atoms with Gasteiger partial charge in [-0.15, -0.1) is 0 Å². The summed E-state index contributed by atoms with van der Waals surface area (Å²) in [5.41, 5.74) is 3.56. The molecule has 25 heavy (non-hydrogen) atoms. The van der Waals surface area contributed by atoms with E-state index in [1.54, 1.807) is 36.1 Å². The monoisotopic (exact) mass is 409 g/mol. The molecule has 0 aliphatic heterocycles. The van der Waals surface area contributed by atoms with E-state index >= 15 is 0 Å². The van der Waals surface area contributed by atoms with E-state index in [1.165, 1.54) is 0 Å². The number of aromatic carboxylic acids is 1. The van der Waals surface area contributed by atoms with Crippen molar-refractivity contribution in [3.05, 3.63) is 58.3 Å². The van der Waals surface area contributed by atoms with E-state index in [9.17, 15) is 4.79 Å². The summed E-state index contributed by atoms with van der Waals surface area (Å²) in [6.07, 6.45) is 3.21. The fraction of sp³-hybridized carbons (Fsp3) is 0.118. The van der Waals surface area contributed by atoms with Gasteiger partial charge in [0.05, 0.1) is 17.0 Å². The van der Waals surface area contributed by atoms with Gasteiger partial charge in [0.15, 0.2) is 0 Å². The van der Waals surface area contributed by atoms with Gasteiger partial charge < -0.3 is 15.0 Å². The average Bonchev–Trinajstić information content (AvgIpc) is 2.93. The Labute approximate surface area is 175 Å². The summed E-state index contributed by atoms with van der Waals surface area (Å²) in [5, 5.41) is 12.3. The number of hydrogen-bond acceptors (Lipinski definition) is 4. The molecule has 2 aromatic heterocycles. The molecule has 0 bridgehead atoms. The van der Waals surface area contributed by atoms with Gasteiger partial charge in [0.1, 0.15) is 0 Å². The summed E-state index contributed by atoms with van der Waals surface area (Å²) in [7, 11) is 1.79. The Hall–Kier alpha value is -1.67. The molecule has 0 unspecified atom stereocenters. The third-order valence-corrected chi connectivity index (χ3v) is 4.11. The molecule has 1 radical (unpaired) electrons. The van der Waals surface area contributed by atoms with Crippen molar-refractivity contribution in [2.75, 3.05) is 5.32 Å². The van der Waals surface area contributed by atoms with Gasteiger partial charge in [0.25, 0.3) is 0 Å². The van der Waals surface area contributed by atoms with E-state index in [0.717, 1.165) is 15.7 Å². The van der Waals surface area contributed by atoms with Crippen LogP contribution in [0.1, 0.15) is 15.9 Å². The van der Waals surface area contributed by atoms with Crippen molar-refractivity contribution in [2.45, 2.75) is 6.92 Å². The second-order valence-corrected chi connectivity index (χ2v) is 6.30. The van der Waals surface area contributed by atoms with E-state index in [0.29, 0.717) is 17.3 Å². The van der Waals surface area contributed by atoms with Crippen LogP contribution in [0.25, 0.3) is 11.4 Å². The molecule has 3 rings (SSSR count). The molecule has 0 fully saturated rings. The first-order chi connectivity index (χ1) is 11.4. The number of benzene rings is 1. The molecule has 0 aliphatic carbocycles. The molecule has 0 saturated carbocycles. The molecule has 1 aromatic carbocycles. The van der Waals surface area contributed by atoms with Crippen LogP contribution in [-0.2, 0) is 7.05 Å². The van der Waals surface area contributed by atoms with E-state index in [2.05, 4.69) is 31.2 Å². The third kappa shape index (κ3) is 4.49. The Balaban J connectivity index is 0.00000225. The van der Waals surface area contributed by atoms with Crippen molar-refractivity contribution >= 4 is 63.1 Å². The van der Waals surface area contributed by atoms with Gasteiger partial charge in [-0.25, -0.2) is 14.8 Å². The molecule has 2 N–H and O–H groups in total. The van der Waals surface area contributed by atoms with Crippen LogP contribution in [0.5, 0.6) is 0 Å². The van der Waals surface area contributed by atoms with Crippen LogP contribution in [0.3, 0.4) is 0 Å². The molecular weight excluding hydrogens is 395 g/mol. The minimum atomic E-state index is -0.964. The standard InChI is InChI=1S/C17H15BrN4O2.Na/c1-10-3-4-12(18)8-14(10)21-17-19-6-5-13(20-17)15-7-11(16(23)24)9-22(15)2;/h3-9H,1-2H3,(H,23,24)(H,19,20,21);. The molecular formula is C17H15BrN4NaO2. The number of aryl methyl sites for hydroxylation is 2. The quantitative estimate of drug-likeness (QED) is 0.643. The van der Waals surface area contributed by atoms with Crippen molar-refractivity contribution in [2.24, 2.45) is 7.05 Å². The summed E-state index contributed by atoms with van der Waals surface area (Å²) < 4.78 is 2.69. The maximum absolute atomic E-state index is 11.1. The Kier molecular flexibility index (Phi) is 6.40. The minimum Gasteiger partial charge on any atom is -0.478 e. The van der Waals surface area contributed by atoms with Gasteiger partial charge in [0.2, 0.25) is 5.95 Å². The zero-order chi connectivity index (χ0) is 17.3. The van der Waals surface area contributed by atoms with Gasteiger partial charge in [0, 0.05) is 59.2 Å². The van der Waals surface area contributed by atoms with Crippen molar-refractivity contribution in [3.63, 3.8) is 0 Å². The second kappa shape index (κ2) is 8.14. The van der Waals surface area contributed by atoms with Crippen molar-refractivity contribution < 1.29 is 9.90 Å². The molecule has 0 aliphatic rings. The smallest absolute Gasteiger partial charge is 0.337 e. The first kappa shape index (κ1) is 19.7. The predicted molar refractivity (Wildman–Crippen MR) is 101 cm³/mol. The molecule has 123 valence electrons. The third-order valence-electron chi connectivity index (χ3n) is 3.62. The number of anilines is 2. The Morgan fingerprint density at radius 3 is 2.72 bits per heavy atom. The molecule has 0 saturated heterocycles. The Morgan fingerprint density at radius 2 is 2.04 bits per heavy atom. The zero-order valence-electron chi connectivity index (χ0n) is 14.1. The van der Waals surface area contributed by atoms with Crippen LogP contribution >= 0.6 is 15.9 Å². The summed E-state index contributed by atoms with van der Waals surface area (Å²) >= 11 is 3.45. The maximum atomic E-state index is 11.1. The van der Waals surface area contributed by atoms with Crippen LogP contribution in [0.4, 0.5) is 11.6 Å².